The Morgan fingerprint density at radius 1 is 1.33 bits per heavy atom. The number of pyridine rings is 1. The van der Waals surface area contributed by atoms with Gasteiger partial charge in [0, 0.05) is 32.0 Å². The highest BCUT2D eigenvalue weighted by molar-refractivity contribution is 5.29. The second-order valence-corrected chi connectivity index (χ2v) is 5.56. The minimum atomic E-state index is 0.0172. The van der Waals surface area contributed by atoms with Crippen molar-refractivity contribution in [3.63, 3.8) is 0 Å². The Balaban J connectivity index is 1.68. The van der Waals surface area contributed by atoms with E-state index in [2.05, 4.69) is 22.9 Å². The zero-order valence-corrected chi connectivity index (χ0v) is 12.2. The molecule has 1 aliphatic heterocycles. The second-order valence-electron chi connectivity index (χ2n) is 5.56. The van der Waals surface area contributed by atoms with Crippen molar-refractivity contribution in [1.82, 2.24) is 9.88 Å². The minimum absolute atomic E-state index is 0.0172. The number of benzene rings is 1. The van der Waals surface area contributed by atoms with Crippen LogP contribution in [-0.4, -0.2) is 34.7 Å². The number of phenols is 1. The van der Waals surface area contributed by atoms with Gasteiger partial charge in [-0.15, -0.1) is 0 Å². The topological polar surface area (TPSA) is 45.6 Å². The molecule has 1 fully saturated rings. The van der Waals surface area contributed by atoms with Gasteiger partial charge in [-0.2, -0.15) is 0 Å². The molecule has 110 valence electrons. The van der Waals surface area contributed by atoms with Crippen LogP contribution in [0.1, 0.15) is 22.8 Å². The van der Waals surface area contributed by atoms with Gasteiger partial charge in [0.15, 0.2) is 0 Å². The number of phenolic OH excluding ortho intramolecular Hbond substituents is 1. The molecule has 1 aromatic carbocycles. The smallest absolute Gasteiger partial charge is 0.115 e. The van der Waals surface area contributed by atoms with E-state index in [4.69, 9.17) is 4.74 Å². The highest BCUT2D eigenvalue weighted by Gasteiger charge is 2.22. The summed E-state index contributed by atoms with van der Waals surface area (Å²) in [6.07, 6.45) is 3.81. The molecule has 0 aliphatic carbocycles. The first-order chi connectivity index (χ1) is 10.2. The van der Waals surface area contributed by atoms with Gasteiger partial charge in [-0.3, -0.25) is 9.88 Å². The molecule has 3 rings (SSSR count). The quantitative estimate of drug-likeness (QED) is 0.941. The maximum Gasteiger partial charge on any atom is 0.115 e. The van der Waals surface area contributed by atoms with Gasteiger partial charge in [0.1, 0.15) is 5.75 Å². The van der Waals surface area contributed by atoms with E-state index in [-0.39, 0.29) is 11.9 Å². The second kappa shape index (κ2) is 6.24. The highest BCUT2D eigenvalue weighted by Crippen LogP contribution is 2.25. The molecule has 1 N–H and O–H groups in total. The number of rotatable bonds is 3. The Labute approximate surface area is 125 Å². The fourth-order valence-electron chi connectivity index (χ4n) is 2.74. The summed E-state index contributed by atoms with van der Waals surface area (Å²) in [5, 5.41) is 9.60. The molecular formula is C17H20N2O2. The van der Waals surface area contributed by atoms with Gasteiger partial charge in [-0.25, -0.2) is 0 Å². The van der Waals surface area contributed by atoms with Gasteiger partial charge in [-0.1, -0.05) is 18.2 Å². The Kier molecular flexibility index (Phi) is 4.18. The van der Waals surface area contributed by atoms with Crippen molar-refractivity contribution in [2.75, 3.05) is 19.7 Å². The summed E-state index contributed by atoms with van der Waals surface area (Å²) < 4.78 is 5.84. The van der Waals surface area contributed by atoms with Crippen LogP contribution in [0.3, 0.4) is 0 Å². The molecule has 1 aromatic heterocycles. The van der Waals surface area contributed by atoms with Crippen LogP contribution in [0.4, 0.5) is 0 Å². The lowest BCUT2D eigenvalue weighted by Gasteiger charge is -2.33. The van der Waals surface area contributed by atoms with Crippen molar-refractivity contribution in [1.29, 1.82) is 0 Å². The van der Waals surface area contributed by atoms with Crippen LogP contribution in [0.25, 0.3) is 0 Å². The zero-order valence-electron chi connectivity index (χ0n) is 12.2. The monoisotopic (exact) mass is 284 g/mol. The summed E-state index contributed by atoms with van der Waals surface area (Å²) in [6.45, 7) is 5.40. The summed E-state index contributed by atoms with van der Waals surface area (Å²) in [5.74, 6) is 0.288. The number of aromatic hydroxyl groups is 1. The molecule has 1 aliphatic rings. The molecule has 1 atom stereocenters. The third-order valence-electron chi connectivity index (χ3n) is 3.73. The number of hydrogen-bond donors (Lipinski definition) is 1. The Hall–Kier alpha value is -1.91. The molecule has 2 aromatic rings. The largest absolute Gasteiger partial charge is 0.508 e. The third-order valence-corrected chi connectivity index (χ3v) is 3.73. The van der Waals surface area contributed by atoms with E-state index in [1.165, 1.54) is 11.1 Å². The zero-order chi connectivity index (χ0) is 14.7. The van der Waals surface area contributed by atoms with E-state index in [1.807, 2.05) is 24.5 Å². The average molecular weight is 284 g/mol. The van der Waals surface area contributed by atoms with Crippen LogP contribution < -0.4 is 0 Å². The summed E-state index contributed by atoms with van der Waals surface area (Å²) in [6, 6.07) is 9.50. The molecule has 2 heterocycles. The molecule has 21 heavy (non-hydrogen) atoms. The fraction of sp³-hybridized carbons (Fsp3) is 0.353. The van der Waals surface area contributed by atoms with E-state index < -0.39 is 0 Å². The summed E-state index contributed by atoms with van der Waals surface area (Å²) in [4.78, 5) is 6.62. The van der Waals surface area contributed by atoms with Crippen molar-refractivity contribution >= 4 is 0 Å². The van der Waals surface area contributed by atoms with Crippen molar-refractivity contribution in [3.05, 3.63) is 59.4 Å². The van der Waals surface area contributed by atoms with Crippen LogP contribution in [0.15, 0.2) is 42.7 Å². The van der Waals surface area contributed by atoms with E-state index in [0.29, 0.717) is 6.61 Å². The molecule has 1 unspecified atom stereocenters. The van der Waals surface area contributed by atoms with E-state index in [0.717, 1.165) is 25.2 Å². The van der Waals surface area contributed by atoms with Gasteiger partial charge < -0.3 is 9.84 Å². The third kappa shape index (κ3) is 3.60. The van der Waals surface area contributed by atoms with Crippen LogP contribution in [0.5, 0.6) is 5.75 Å². The number of hydrogen-bond acceptors (Lipinski definition) is 4. The maximum absolute atomic E-state index is 9.60. The average Bonchev–Trinajstić information content (AvgIpc) is 2.47. The molecule has 0 bridgehead atoms. The summed E-state index contributed by atoms with van der Waals surface area (Å²) in [7, 11) is 0. The molecule has 1 saturated heterocycles. The van der Waals surface area contributed by atoms with Crippen molar-refractivity contribution in [2.24, 2.45) is 0 Å². The maximum atomic E-state index is 9.60. The van der Waals surface area contributed by atoms with Gasteiger partial charge in [-0.05, 0) is 35.7 Å². The van der Waals surface area contributed by atoms with Gasteiger partial charge >= 0.3 is 0 Å². The molecule has 0 amide bonds. The van der Waals surface area contributed by atoms with Crippen molar-refractivity contribution in [2.45, 2.75) is 19.6 Å². The van der Waals surface area contributed by atoms with Crippen molar-refractivity contribution < 1.29 is 9.84 Å². The van der Waals surface area contributed by atoms with Gasteiger partial charge in [0.25, 0.3) is 0 Å². The lowest BCUT2D eigenvalue weighted by Crippen LogP contribution is -2.37. The lowest BCUT2D eigenvalue weighted by atomic mass is 10.1. The summed E-state index contributed by atoms with van der Waals surface area (Å²) >= 11 is 0. The number of aromatic nitrogens is 1. The van der Waals surface area contributed by atoms with Crippen LogP contribution in [0, 0.1) is 6.92 Å². The Bertz CT molecular complexity index is 615. The Morgan fingerprint density at radius 3 is 3.05 bits per heavy atom. The minimum Gasteiger partial charge on any atom is -0.508 e. The van der Waals surface area contributed by atoms with Crippen LogP contribution in [-0.2, 0) is 11.3 Å². The molecule has 0 spiro atoms. The Morgan fingerprint density at radius 2 is 2.24 bits per heavy atom. The van der Waals surface area contributed by atoms with Crippen LogP contribution in [0.2, 0.25) is 0 Å². The number of ether oxygens (including phenoxy) is 1. The van der Waals surface area contributed by atoms with E-state index >= 15 is 0 Å². The first kappa shape index (κ1) is 14.0. The van der Waals surface area contributed by atoms with E-state index in [1.54, 1.807) is 12.1 Å². The molecule has 0 radical (unpaired) electrons. The van der Waals surface area contributed by atoms with Gasteiger partial charge in [0.2, 0.25) is 0 Å². The summed E-state index contributed by atoms with van der Waals surface area (Å²) in [5.41, 5.74) is 3.44. The highest BCUT2D eigenvalue weighted by atomic mass is 16.5. The number of aryl methyl sites for hydroxylation is 1. The van der Waals surface area contributed by atoms with E-state index in [9.17, 15) is 5.11 Å². The molecule has 0 saturated carbocycles. The molecule has 4 nitrogen and oxygen atoms in total. The predicted octanol–water partition coefficient (Wildman–Crippen LogP) is 2.67. The normalized spacial score (nSPS) is 19.6. The first-order valence-corrected chi connectivity index (χ1v) is 7.24. The first-order valence-electron chi connectivity index (χ1n) is 7.24. The SMILES string of the molecule is Cc1cncc(CN2CCOC(c3cccc(O)c3)C2)c1. The van der Waals surface area contributed by atoms with Crippen molar-refractivity contribution in [3.8, 4) is 5.75 Å². The predicted molar refractivity (Wildman–Crippen MR) is 81.1 cm³/mol. The van der Waals surface area contributed by atoms with Gasteiger partial charge in [0.05, 0.1) is 12.7 Å². The number of morpholine rings is 1. The fourth-order valence-corrected chi connectivity index (χ4v) is 2.74. The molecule has 4 heteroatoms. The van der Waals surface area contributed by atoms with Crippen LogP contribution >= 0.6 is 0 Å². The standard InChI is InChI=1S/C17H20N2O2/c1-13-7-14(10-18-9-13)11-19-5-6-21-17(12-19)15-3-2-4-16(20)8-15/h2-4,7-10,17,20H,5-6,11-12H2,1H3. The molecular weight excluding hydrogens is 264 g/mol. The number of nitrogens with zero attached hydrogens (tertiary/aromatic N) is 2. The lowest BCUT2D eigenvalue weighted by molar-refractivity contribution is -0.0330.